The molecular formula is C11H11ClN2O3. The Labute approximate surface area is 103 Å². The van der Waals surface area contributed by atoms with Crippen LogP contribution in [0.4, 0.5) is 0 Å². The van der Waals surface area contributed by atoms with Gasteiger partial charge in [0.25, 0.3) is 5.91 Å². The van der Waals surface area contributed by atoms with E-state index in [9.17, 15) is 9.59 Å². The first-order valence-corrected chi connectivity index (χ1v) is 5.62. The molecule has 0 aliphatic heterocycles. The molecule has 5 nitrogen and oxygen atoms in total. The summed E-state index contributed by atoms with van der Waals surface area (Å²) in [6.07, 6.45) is 1.67. The van der Waals surface area contributed by atoms with Gasteiger partial charge in [-0.15, -0.1) is 0 Å². The van der Waals surface area contributed by atoms with Gasteiger partial charge in [-0.25, -0.2) is 9.78 Å². The van der Waals surface area contributed by atoms with Crippen molar-refractivity contribution in [2.45, 2.75) is 18.9 Å². The second-order valence-electron chi connectivity index (χ2n) is 3.97. The molecule has 90 valence electrons. The molecular weight excluding hydrogens is 244 g/mol. The summed E-state index contributed by atoms with van der Waals surface area (Å²) in [6.45, 7) is 0. The maximum Gasteiger partial charge on any atom is 0.326 e. The Balaban J connectivity index is 2.07. The Morgan fingerprint density at radius 3 is 2.71 bits per heavy atom. The minimum Gasteiger partial charge on any atom is -0.480 e. The van der Waals surface area contributed by atoms with Crippen molar-refractivity contribution < 1.29 is 14.7 Å². The van der Waals surface area contributed by atoms with Gasteiger partial charge in [-0.1, -0.05) is 17.7 Å². The molecule has 1 atom stereocenters. The predicted octanol–water partition coefficient (Wildman–Crippen LogP) is 1.33. The van der Waals surface area contributed by atoms with E-state index in [-0.39, 0.29) is 16.8 Å². The minimum atomic E-state index is -1.01. The first kappa shape index (κ1) is 11.9. The van der Waals surface area contributed by atoms with Crippen LogP contribution in [0.3, 0.4) is 0 Å². The largest absolute Gasteiger partial charge is 0.480 e. The van der Waals surface area contributed by atoms with Gasteiger partial charge in [0.1, 0.15) is 16.9 Å². The third kappa shape index (κ3) is 2.94. The number of nitrogens with zero attached hydrogens (tertiary/aromatic N) is 1. The van der Waals surface area contributed by atoms with Crippen LogP contribution in [0.5, 0.6) is 0 Å². The number of aromatic nitrogens is 1. The summed E-state index contributed by atoms with van der Waals surface area (Å²) in [7, 11) is 0. The van der Waals surface area contributed by atoms with Crippen molar-refractivity contribution >= 4 is 23.5 Å². The lowest BCUT2D eigenvalue weighted by Crippen LogP contribution is -2.42. The fourth-order valence-corrected chi connectivity index (χ4v) is 1.72. The lowest BCUT2D eigenvalue weighted by Gasteiger charge is -2.12. The fourth-order valence-electron chi connectivity index (χ4n) is 1.56. The lowest BCUT2D eigenvalue weighted by atomic mass is 10.2. The zero-order valence-electron chi connectivity index (χ0n) is 8.89. The number of carbonyl (C=O) groups excluding carboxylic acids is 1. The Hall–Kier alpha value is -1.62. The SMILES string of the molecule is O=C(NC(C(=O)O)C1CC1)c1cccc(Cl)n1. The number of rotatable bonds is 4. The Kier molecular flexibility index (Phi) is 3.28. The second-order valence-corrected chi connectivity index (χ2v) is 4.36. The van der Waals surface area contributed by atoms with Gasteiger partial charge in [0.05, 0.1) is 0 Å². The molecule has 1 aliphatic rings. The van der Waals surface area contributed by atoms with Gasteiger partial charge in [-0.3, -0.25) is 4.79 Å². The summed E-state index contributed by atoms with van der Waals surface area (Å²) in [5.41, 5.74) is 0.129. The maximum atomic E-state index is 11.7. The van der Waals surface area contributed by atoms with E-state index in [0.717, 1.165) is 12.8 Å². The molecule has 1 amide bonds. The highest BCUT2D eigenvalue weighted by Crippen LogP contribution is 2.32. The molecule has 6 heteroatoms. The summed E-state index contributed by atoms with van der Waals surface area (Å²) in [5, 5.41) is 11.6. The average molecular weight is 255 g/mol. The molecule has 0 spiro atoms. The van der Waals surface area contributed by atoms with E-state index < -0.39 is 17.9 Å². The van der Waals surface area contributed by atoms with Crippen LogP contribution in [0.15, 0.2) is 18.2 Å². The number of carboxylic acids is 1. The zero-order chi connectivity index (χ0) is 12.4. The Morgan fingerprint density at radius 2 is 2.18 bits per heavy atom. The summed E-state index contributed by atoms with van der Waals surface area (Å²) in [5.74, 6) is -1.48. The molecule has 1 aliphatic carbocycles. The second kappa shape index (κ2) is 4.71. The fraction of sp³-hybridized carbons (Fsp3) is 0.364. The van der Waals surface area contributed by atoms with E-state index >= 15 is 0 Å². The van der Waals surface area contributed by atoms with Crippen LogP contribution >= 0.6 is 11.6 Å². The molecule has 0 aromatic carbocycles. The molecule has 1 aromatic heterocycles. The van der Waals surface area contributed by atoms with Gasteiger partial charge in [0.15, 0.2) is 0 Å². The maximum absolute atomic E-state index is 11.7. The molecule has 0 radical (unpaired) electrons. The quantitative estimate of drug-likeness (QED) is 0.795. The number of pyridine rings is 1. The Bertz CT molecular complexity index is 460. The first-order valence-electron chi connectivity index (χ1n) is 5.24. The van der Waals surface area contributed by atoms with E-state index in [2.05, 4.69) is 10.3 Å². The molecule has 0 bridgehead atoms. The van der Waals surface area contributed by atoms with Crippen LogP contribution < -0.4 is 5.32 Å². The summed E-state index contributed by atoms with van der Waals surface area (Å²) >= 11 is 5.66. The molecule has 1 aromatic rings. The third-order valence-corrected chi connectivity index (χ3v) is 2.80. The van der Waals surface area contributed by atoms with Crippen LogP contribution in [0, 0.1) is 5.92 Å². The highest BCUT2D eigenvalue weighted by atomic mass is 35.5. The summed E-state index contributed by atoms with van der Waals surface area (Å²) < 4.78 is 0. The van der Waals surface area contributed by atoms with Crippen molar-refractivity contribution in [3.63, 3.8) is 0 Å². The van der Waals surface area contributed by atoms with Crippen molar-refractivity contribution in [2.24, 2.45) is 5.92 Å². The van der Waals surface area contributed by atoms with Crippen LogP contribution in [-0.2, 0) is 4.79 Å². The van der Waals surface area contributed by atoms with Gasteiger partial charge < -0.3 is 10.4 Å². The molecule has 2 N–H and O–H groups in total. The topological polar surface area (TPSA) is 79.3 Å². The van der Waals surface area contributed by atoms with Gasteiger partial charge >= 0.3 is 5.97 Å². The number of aliphatic carboxylic acids is 1. The van der Waals surface area contributed by atoms with Crippen LogP contribution in [0.1, 0.15) is 23.3 Å². The molecule has 0 saturated heterocycles. The molecule has 1 heterocycles. The number of halogens is 1. The van der Waals surface area contributed by atoms with Gasteiger partial charge in [-0.05, 0) is 30.9 Å². The van der Waals surface area contributed by atoms with Gasteiger partial charge in [0, 0.05) is 0 Å². The summed E-state index contributed by atoms with van der Waals surface area (Å²) in [4.78, 5) is 26.5. The van der Waals surface area contributed by atoms with Crippen LogP contribution in [0.25, 0.3) is 0 Å². The van der Waals surface area contributed by atoms with Crippen molar-refractivity contribution in [2.75, 3.05) is 0 Å². The van der Waals surface area contributed by atoms with Crippen molar-refractivity contribution in [1.82, 2.24) is 10.3 Å². The summed E-state index contributed by atoms with van der Waals surface area (Å²) in [6, 6.07) is 3.81. The average Bonchev–Trinajstić information content (AvgIpc) is 3.09. The van der Waals surface area contributed by atoms with Gasteiger partial charge in [0.2, 0.25) is 0 Å². The van der Waals surface area contributed by atoms with E-state index in [4.69, 9.17) is 16.7 Å². The van der Waals surface area contributed by atoms with E-state index in [1.165, 1.54) is 6.07 Å². The Morgan fingerprint density at radius 1 is 1.47 bits per heavy atom. The predicted molar refractivity (Wildman–Crippen MR) is 60.9 cm³/mol. The number of amides is 1. The van der Waals surface area contributed by atoms with E-state index in [0.29, 0.717) is 0 Å². The smallest absolute Gasteiger partial charge is 0.326 e. The number of carbonyl (C=O) groups is 2. The third-order valence-electron chi connectivity index (χ3n) is 2.59. The van der Waals surface area contributed by atoms with E-state index in [1.807, 2.05) is 0 Å². The number of hydrogen-bond donors (Lipinski definition) is 2. The molecule has 1 saturated carbocycles. The normalized spacial score (nSPS) is 16.3. The highest BCUT2D eigenvalue weighted by Gasteiger charge is 2.37. The minimum absolute atomic E-state index is 0.0376. The zero-order valence-corrected chi connectivity index (χ0v) is 9.65. The first-order chi connectivity index (χ1) is 8.08. The van der Waals surface area contributed by atoms with Crippen molar-refractivity contribution in [1.29, 1.82) is 0 Å². The van der Waals surface area contributed by atoms with Crippen LogP contribution in [0.2, 0.25) is 5.15 Å². The van der Waals surface area contributed by atoms with Crippen molar-refractivity contribution in [3.05, 3.63) is 29.0 Å². The lowest BCUT2D eigenvalue weighted by molar-refractivity contribution is -0.139. The number of nitrogens with one attached hydrogen (secondary N) is 1. The monoisotopic (exact) mass is 254 g/mol. The van der Waals surface area contributed by atoms with Crippen molar-refractivity contribution in [3.8, 4) is 0 Å². The molecule has 1 fully saturated rings. The standard InChI is InChI=1S/C11H11ClN2O3/c12-8-3-1-2-7(13-8)10(15)14-9(11(16)17)6-4-5-6/h1-3,6,9H,4-5H2,(H,14,15)(H,16,17). The molecule has 1 unspecified atom stereocenters. The van der Waals surface area contributed by atoms with Gasteiger partial charge in [-0.2, -0.15) is 0 Å². The highest BCUT2D eigenvalue weighted by molar-refractivity contribution is 6.29. The van der Waals surface area contributed by atoms with Crippen LogP contribution in [-0.4, -0.2) is 28.0 Å². The number of hydrogen-bond acceptors (Lipinski definition) is 3. The molecule has 17 heavy (non-hydrogen) atoms. The van der Waals surface area contributed by atoms with E-state index in [1.54, 1.807) is 12.1 Å². The molecule has 2 rings (SSSR count). The number of carboxylic acid groups (broad SMARTS) is 1.